The van der Waals surface area contributed by atoms with Gasteiger partial charge in [-0.1, -0.05) is 25.4 Å². The number of nitrogens with one attached hydrogen (secondary N) is 1. The summed E-state index contributed by atoms with van der Waals surface area (Å²) in [4.78, 5) is 25.7. The average molecular weight is 406 g/mol. The zero-order valence-electron chi connectivity index (χ0n) is 16.6. The first-order valence-electron chi connectivity index (χ1n) is 8.98. The summed E-state index contributed by atoms with van der Waals surface area (Å²) in [5, 5.41) is 13.4. The SMILES string of the molecule is COC(=O)C1=C(C)NC2=C(C(=O)CC(C)(C)C2)C1c1cc(Cl)c(O)c(OC)c1. The van der Waals surface area contributed by atoms with Gasteiger partial charge in [-0.3, -0.25) is 4.79 Å². The number of rotatable bonds is 3. The van der Waals surface area contributed by atoms with Crippen LogP contribution in [0.3, 0.4) is 0 Å². The highest BCUT2D eigenvalue weighted by atomic mass is 35.5. The molecule has 1 unspecified atom stereocenters. The predicted molar refractivity (Wildman–Crippen MR) is 105 cm³/mol. The molecule has 2 aliphatic rings. The predicted octanol–water partition coefficient (Wildman–Crippen LogP) is 3.83. The maximum absolute atomic E-state index is 13.1. The van der Waals surface area contributed by atoms with Crippen LogP contribution in [0, 0.1) is 5.41 Å². The van der Waals surface area contributed by atoms with Crippen molar-refractivity contribution in [2.24, 2.45) is 5.41 Å². The third kappa shape index (κ3) is 3.37. The molecule has 0 radical (unpaired) electrons. The van der Waals surface area contributed by atoms with Gasteiger partial charge in [-0.2, -0.15) is 0 Å². The van der Waals surface area contributed by atoms with Gasteiger partial charge in [0.1, 0.15) is 0 Å². The summed E-state index contributed by atoms with van der Waals surface area (Å²) in [6.07, 6.45) is 1.06. The van der Waals surface area contributed by atoms with Crippen LogP contribution in [0.4, 0.5) is 0 Å². The van der Waals surface area contributed by atoms with E-state index in [0.717, 1.165) is 5.70 Å². The fourth-order valence-electron chi connectivity index (χ4n) is 4.07. The van der Waals surface area contributed by atoms with E-state index in [9.17, 15) is 14.7 Å². The number of carbonyl (C=O) groups is 2. The Morgan fingerprint density at radius 1 is 1.29 bits per heavy atom. The molecule has 3 rings (SSSR count). The van der Waals surface area contributed by atoms with Gasteiger partial charge >= 0.3 is 5.97 Å². The fourth-order valence-corrected chi connectivity index (χ4v) is 4.29. The van der Waals surface area contributed by atoms with Gasteiger partial charge in [0.25, 0.3) is 0 Å². The Kier molecular flexibility index (Phi) is 5.19. The summed E-state index contributed by atoms with van der Waals surface area (Å²) < 4.78 is 10.2. The van der Waals surface area contributed by atoms with Gasteiger partial charge in [-0.05, 0) is 36.5 Å². The van der Waals surface area contributed by atoms with E-state index in [1.165, 1.54) is 14.2 Å². The van der Waals surface area contributed by atoms with Crippen molar-refractivity contribution in [3.8, 4) is 11.5 Å². The van der Waals surface area contributed by atoms with Gasteiger partial charge in [0.05, 0.1) is 24.8 Å². The van der Waals surface area contributed by atoms with E-state index < -0.39 is 11.9 Å². The summed E-state index contributed by atoms with van der Waals surface area (Å²) in [7, 11) is 2.72. The molecule has 0 aromatic heterocycles. The highest BCUT2D eigenvalue weighted by molar-refractivity contribution is 6.32. The van der Waals surface area contributed by atoms with E-state index >= 15 is 0 Å². The Labute approximate surface area is 169 Å². The lowest BCUT2D eigenvalue weighted by molar-refractivity contribution is -0.136. The minimum absolute atomic E-state index is 0.0270. The minimum atomic E-state index is -0.653. The topological polar surface area (TPSA) is 84.9 Å². The second-order valence-corrected chi connectivity index (χ2v) is 8.38. The molecule has 7 heteroatoms. The second-order valence-electron chi connectivity index (χ2n) is 7.98. The highest BCUT2D eigenvalue weighted by Crippen LogP contribution is 2.48. The molecular formula is C21H24ClNO5. The number of benzene rings is 1. The van der Waals surface area contributed by atoms with Crippen molar-refractivity contribution in [1.29, 1.82) is 0 Å². The van der Waals surface area contributed by atoms with E-state index in [0.29, 0.717) is 35.2 Å². The van der Waals surface area contributed by atoms with Crippen molar-refractivity contribution >= 4 is 23.4 Å². The number of allylic oxidation sites excluding steroid dienone is 3. The van der Waals surface area contributed by atoms with Crippen molar-refractivity contribution in [3.05, 3.63) is 45.3 Å². The van der Waals surface area contributed by atoms with Gasteiger partial charge in [0.15, 0.2) is 17.3 Å². The highest BCUT2D eigenvalue weighted by Gasteiger charge is 2.43. The molecule has 0 saturated heterocycles. The zero-order valence-corrected chi connectivity index (χ0v) is 17.4. The Balaban J connectivity index is 2.27. The molecule has 6 nitrogen and oxygen atoms in total. The van der Waals surface area contributed by atoms with Crippen LogP contribution in [0.1, 0.15) is 45.1 Å². The first kappa shape index (κ1) is 20.3. The van der Waals surface area contributed by atoms with Crippen LogP contribution in [-0.4, -0.2) is 31.1 Å². The van der Waals surface area contributed by atoms with E-state index in [1.54, 1.807) is 19.1 Å². The van der Waals surface area contributed by atoms with Gasteiger partial charge in [0, 0.05) is 29.3 Å². The molecule has 0 bridgehead atoms. The first-order chi connectivity index (χ1) is 13.1. The molecule has 1 aliphatic heterocycles. The van der Waals surface area contributed by atoms with Gasteiger partial charge in [-0.25, -0.2) is 4.79 Å². The number of hydrogen-bond donors (Lipinski definition) is 2. The normalized spacial score (nSPS) is 21.2. The summed E-state index contributed by atoms with van der Waals surface area (Å²) in [6.45, 7) is 5.87. The van der Waals surface area contributed by atoms with Crippen LogP contribution in [0.15, 0.2) is 34.7 Å². The number of ketones is 1. The number of Topliss-reactive ketones (excluding diaryl/α,β-unsaturated/α-hetero) is 1. The average Bonchev–Trinajstić information content (AvgIpc) is 2.61. The molecule has 1 aromatic rings. The molecular weight excluding hydrogens is 382 g/mol. The number of esters is 1. The maximum atomic E-state index is 13.1. The molecule has 28 heavy (non-hydrogen) atoms. The molecule has 1 atom stereocenters. The molecule has 1 heterocycles. The van der Waals surface area contributed by atoms with Crippen molar-refractivity contribution in [1.82, 2.24) is 5.32 Å². The lowest BCUT2D eigenvalue weighted by Gasteiger charge is -2.39. The summed E-state index contributed by atoms with van der Waals surface area (Å²) >= 11 is 6.19. The number of aromatic hydroxyl groups is 1. The number of dihydropyridines is 1. The van der Waals surface area contributed by atoms with Crippen LogP contribution >= 0.6 is 11.6 Å². The number of methoxy groups -OCH3 is 2. The smallest absolute Gasteiger partial charge is 0.336 e. The van der Waals surface area contributed by atoms with Gasteiger partial charge in [0.2, 0.25) is 0 Å². The molecule has 0 fully saturated rings. The Morgan fingerprint density at radius 3 is 2.57 bits per heavy atom. The van der Waals surface area contributed by atoms with E-state index in [-0.39, 0.29) is 27.7 Å². The molecule has 150 valence electrons. The standard InChI is InChI=1S/C21H24ClNO5/c1-10-16(20(26)28-5)17(11-6-12(22)19(25)15(7-11)27-4)18-13(23-10)8-21(2,3)9-14(18)24/h6-7,17,23,25H,8-9H2,1-5H3. The second kappa shape index (κ2) is 7.17. The minimum Gasteiger partial charge on any atom is -0.503 e. The fraction of sp³-hybridized carbons (Fsp3) is 0.429. The van der Waals surface area contributed by atoms with Crippen molar-refractivity contribution in [2.45, 2.75) is 39.5 Å². The number of carbonyl (C=O) groups excluding carboxylic acids is 2. The molecule has 0 amide bonds. The number of phenols is 1. The van der Waals surface area contributed by atoms with Crippen molar-refractivity contribution in [2.75, 3.05) is 14.2 Å². The molecule has 1 aromatic carbocycles. The third-order valence-corrected chi connectivity index (χ3v) is 5.54. The van der Waals surface area contributed by atoms with Crippen LogP contribution in [0.2, 0.25) is 5.02 Å². The summed E-state index contributed by atoms with van der Waals surface area (Å²) in [5.74, 6) is -1.22. The number of halogens is 1. The van der Waals surface area contributed by atoms with E-state index in [1.807, 2.05) is 13.8 Å². The van der Waals surface area contributed by atoms with Crippen LogP contribution < -0.4 is 10.1 Å². The number of hydrogen-bond acceptors (Lipinski definition) is 6. The lowest BCUT2D eigenvalue weighted by Crippen LogP contribution is -2.38. The van der Waals surface area contributed by atoms with Gasteiger partial charge in [-0.15, -0.1) is 0 Å². The Hall–Kier alpha value is -2.47. The molecule has 0 spiro atoms. The Morgan fingerprint density at radius 2 is 1.96 bits per heavy atom. The molecule has 2 N–H and O–H groups in total. The van der Waals surface area contributed by atoms with E-state index in [2.05, 4.69) is 5.32 Å². The van der Waals surface area contributed by atoms with E-state index in [4.69, 9.17) is 21.1 Å². The quantitative estimate of drug-likeness (QED) is 0.743. The van der Waals surface area contributed by atoms with Crippen LogP contribution in [0.25, 0.3) is 0 Å². The summed E-state index contributed by atoms with van der Waals surface area (Å²) in [6, 6.07) is 3.16. The maximum Gasteiger partial charge on any atom is 0.336 e. The Bertz CT molecular complexity index is 929. The van der Waals surface area contributed by atoms with Crippen LogP contribution in [0.5, 0.6) is 11.5 Å². The molecule has 0 saturated carbocycles. The third-order valence-electron chi connectivity index (χ3n) is 5.25. The lowest BCUT2D eigenvalue weighted by atomic mass is 9.68. The van der Waals surface area contributed by atoms with Crippen molar-refractivity contribution < 1.29 is 24.2 Å². The molecule has 1 aliphatic carbocycles. The monoisotopic (exact) mass is 405 g/mol. The first-order valence-corrected chi connectivity index (χ1v) is 9.36. The number of ether oxygens (including phenoxy) is 2. The van der Waals surface area contributed by atoms with Crippen molar-refractivity contribution in [3.63, 3.8) is 0 Å². The number of phenolic OH excluding ortho intramolecular Hbond substituents is 1. The zero-order chi connectivity index (χ0) is 20.8. The van der Waals surface area contributed by atoms with Gasteiger partial charge < -0.3 is 19.9 Å². The largest absolute Gasteiger partial charge is 0.503 e. The summed E-state index contributed by atoms with van der Waals surface area (Å²) in [5.41, 5.74) is 2.72. The van der Waals surface area contributed by atoms with Crippen LogP contribution in [-0.2, 0) is 14.3 Å².